The van der Waals surface area contributed by atoms with E-state index in [0.29, 0.717) is 30.2 Å². The average Bonchev–Trinajstić information content (AvgIpc) is 3.23. The van der Waals surface area contributed by atoms with Crippen LogP contribution in [0.2, 0.25) is 0 Å². The van der Waals surface area contributed by atoms with Gasteiger partial charge in [0.1, 0.15) is 17.0 Å². The molecule has 5 rings (SSSR count). The molecule has 8 heteroatoms. The van der Waals surface area contributed by atoms with Gasteiger partial charge in [-0.25, -0.2) is 9.98 Å². The number of amides is 2. The number of carbonyl (C=O) groups is 2. The first-order valence-corrected chi connectivity index (χ1v) is 12.3. The van der Waals surface area contributed by atoms with Crippen molar-refractivity contribution in [1.29, 1.82) is 0 Å². The number of amidine groups is 1. The second-order valence-corrected chi connectivity index (χ2v) is 9.77. The van der Waals surface area contributed by atoms with Crippen LogP contribution >= 0.6 is 0 Å². The first-order valence-electron chi connectivity index (χ1n) is 12.3. The highest BCUT2D eigenvalue weighted by atomic mass is 16.5. The van der Waals surface area contributed by atoms with E-state index in [2.05, 4.69) is 10.2 Å². The summed E-state index contributed by atoms with van der Waals surface area (Å²) in [5.74, 6) is 0.906. The van der Waals surface area contributed by atoms with Gasteiger partial charge in [0.2, 0.25) is 0 Å². The molecule has 186 valence electrons. The molecule has 0 radical (unpaired) electrons. The Kier molecular flexibility index (Phi) is 6.12. The predicted molar refractivity (Wildman–Crippen MR) is 141 cm³/mol. The van der Waals surface area contributed by atoms with Crippen LogP contribution in [0.3, 0.4) is 0 Å². The van der Waals surface area contributed by atoms with E-state index in [1.54, 1.807) is 7.11 Å². The van der Waals surface area contributed by atoms with Crippen molar-refractivity contribution in [3.63, 3.8) is 0 Å². The number of piperazine rings is 1. The zero-order valence-electron chi connectivity index (χ0n) is 21.1. The summed E-state index contributed by atoms with van der Waals surface area (Å²) >= 11 is 0. The molecule has 2 aromatic carbocycles. The Bertz CT molecular complexity index is 1340. The number of ether oxygens (including phenoxy) is 1. The molecule has 0 saturated carbocycles. The predicted octanol–water partition coefficient (Wildman–Crippen LogP) is 3.50. The van der Waals surface area contributed by atoms with Gasteiger partial charge in [0.05, 0.1) is 18.2 Å². The van der Waals surface area contributed by atoms with Crippen LogP contribution in [0.15, 0.2) is 59.6 Å². The van der Waals surface area contributed by atoms with Crippen molar-refractivity contribution in [2.45, 2.75) is 26.3 Å². The number of benzene rings is 2. The summed E-state index contributed by atoms with van der Waals surface area (Å²) in [6.45, 7) is 8.36. The summed E-state index contributed by atoms with van der Waals surface area (Å²) in [5.41, 5.74) is 1.84. The van der Waals surface area contributed by atoms with E-state index in [1.165, 1.54) is 0 Å². The Morgan fingerprint density at radius 3 is 2.39 bits per heavy atom. The van der Waals surface area contributed by atoms with Gasteiger partial charge in [-0.2, -0.15) is 0 Å². The fraction of sp³-hybridized carbons (Fsp3) is 0.357. The summed E-state index contributed by atoms with van der Waals surface area (Å²) in [6.07, 6.45) is 0. The van der Waals surface area contributed by atoms with Crippen molar-refractivity contribution in [1.82, 2.24) is 15.2 Å². The van der Waals surface area contributed by atoms with Gasteiger partial charge in [0.25, 0.3) is 11.8 Å². The molecule has 1 N–H and O–H groups in total. The largest absolute Gasteiger partial charge is 0.497 e. The number of anilines is 1. The van der Waals surface area contributed by atoms with Crippen LogP contribution < -0.4 is 15.0 Å². The molecule has 3 heterocycles. The third kappa shape index (κ3) is 4.17. The van der Waals surface area contributed by atoms with Gasteiger partial charge in [0, 0.05) is 37.3 Å². The number of rotatable bonds is 5. The Morgan fingerprint density at radius 2 is 1.75 bits per heavy atom. The molecule has 0 spiro atoms. The highest BCUT2D eigenvalue weighted by Crippen LogP contribution is 2.29. The van der Waals surface area contributed by atoms with Gasteiger partial charge in [-0.3, -0.25) is 9.59 Å². The van der Waals surface area contributed by atoms with Crippen molar-refractivity contribution in [3.05, 3.63) is 65.9 Å². The fourth-order valence-electron chi connectivity index (χ4n) is 4.64. The lowest BCUT2D eigenvalue weighted by atomic mass is 9.89. The Balaban J connectivity index is 1.44. The third-order valence-corrected chi connectivity index (χ3v) is 7.34. The Hall–Kier alpha value is -3.94. The topological polar surface area (TPSA) is 87.1 Å². The van der Waals surface area contributed by atoms with E-state index < -0.39 is 5.54 Å². The number of para-hydroxylation sites is 1. The molecule has 2 aliphatic heterocycles. The maximum Gasteiger partial charge on any atom is 0.256 e. The summed E-state index contributed by atoms with van der Waals surface area (Å²) in [6, 6.07) is 17.5. The molecular formula is C28H31N5O3. The summed E-state index contributed by atoms with van der Waals surface area (Å²) < 4.78 is 5.26. The molecule has 3 aromatic rings. The summed E-state index contributed by atoms with van der Waals surface area (Å²) in [7, 11) is 1.65. The van der Waals surface area contributed by atoms with Crippen LogP contribution in [-0.4, -0.2) is 66.4 Å². The van der Waals surface area contributed by atoms with Crippen LogP contribution in [-0.2, 0) is 4.79 Å². The molecule has 1 atom stereocenters. The van der Waals surface area contributed by atoms with E-state index in [9.17, 15) is 9.59 Å². The number of hydrogen-bond donors (Lipinski definition) is 1. The number of methoxy groups -OCH3 is 1. The number of carbonyl (C=O) groups excluding carboxylic acids is 2. The van der Waals surface area contributed by atoms with E-state index in [4.69, 9.17) is 14.7 Å². The number of hydrogen-bond acceptors (Lipinski definition) is 6. The second kappa shape index (κ2) is 9.26. The van der Waals surface area contributed by atoms with Crippen molar-refractivity contribution < 1.29 is 14.3 Å². The van der Waals surface area contributed by atoms with Crippen LogP contribution in [0.5, 0.6) is 5.75 Å². The Labute approximate surface area is 211 Å². The third-order valence-electron chi connectivity index (χ3n) is 7.34. The summed E-state index contributed by atoms with van der Waals surface area (Å²) in [5, 5.41) is 3.78. The van der Waals surface area contributed by atoms with Gasteiger partial charge in [-0.1, -0.05) is 32.0 Å². The number of fused-ring (bicyclic) bond motifs is 1. The van der Waals surface area contributed by atoms with Gasteiger partial charge in [0.15, 0.2) is 5.84 Å². The fourth-order valence-corrected chi connectivity index (χ4v) is 4.64. The smallest absolute Gasteiger partial charge is 0.256 e. The molecule has 0 bridgehead atoms. The molecule has 2 aliphatic rings. The minimum absolute atomic E-state index is 0.000593. The lowest BCUT2D eigenvalue weighted by Gasteiger charge is -2.36. The van der Waals surface area contributed by atoms with Gasteiger partial charge in [-0.05, 0) is 49.2 Å². The molecule has 1 saturated heterocycles. The molecule has 0 unspecified atom stereocenters. The first kappa shape index (κ1) is 23.8. The van der Waals surface area contributed by atoms with Crippen LogP contribution in [0.1, 0.15) is 36.8 Å². The molecule has 36 heavy (non-hydrogen) atoms. The number of nitrogens with zero attached hydrogens (tertiary/aromatic N) is 4. The normalized spacial score (nSPS) is 20.0. The first-order chi connectivity index (χ1) is 17.3. The van der Waals surface area contributed by atoms with Crippen molar-refractivity contribution in [2.75, 3.05) is 38.2 Å². The maximum absolute atomic E-state index is 13.8. The van der Waals surface area contributed by atoms with Crippen molar-refractivity contribution in [3.8, 4) is 5.75 Å². The van der Waals surface area contributed by atoms with E-state index >= 15 is 0 Å². The highest BCUT2D eigenvalue weighted by molar-refractivity contribution is 6.19. The lowest BCUT2D eigenvalue weighted by molar-refractivity contribution is -0.124. The van der Waals surface area contributed by atoms with Gasteiger partial charge in [-0.15, -0.1) is 0 Å². The molecular weight excluding hydrogens is 454 g/mol. The minimum Gasteiger partial charge on any atom is -0.497 e. The monoisotopic (exact) mass is 485 g/mol. The number of aliphatic imine (C=N–C) groups is 1. The molecule has 0 aliphatic carbocycles. The lowest BCUT2D eigenvalue weighted by Crippen LogP contribution is -2.49. The Morgan fingerprint density at radius 1 is 1.06 bits per heavy atom. The van der Waals surface area contributed by atoms with Crippen molar-refractivity contribution in [2.24, 2.45) is 10.9 Å². The van der Waals surface area contributed by atoms with Crippen LogP contribution in [0, 0.1) is 5.92 Å². The van der Waals surface area contributed by atoms with Crippen LogP contribution in [0.4, 0.5) is 5.69 Å². The number of pyridine rings is 1. The summed E-state index contributed by atoms with van der Waals surface area (Å²) in [4.78, 5) is 40.3. The van der Waals surface area contributed by atoms with E-state index in [1.807, 2.05) is 80.3 Å². The number of nitrogens with one attached hydrogen (secondary N) is 1. The molecule has 2 amide bonds. The second-order valence-electron chi connectivity index (χ2n) is 9.77. The zero-order valence-corrected chi connectivity index (χ0v) is 21.1. The SMILES string of the molecule is COc1ccc(N2CCN(C(=O)c3cc4ccccc4nc3C3=N[C@@](C)(C(C)C)C(=O)N3)CC2)cc1. The molecule has 8 nitrogen and oxygen atoms in total. The standard InChI is InChI=1S/C28H31N5O3/c1-18(2)28(3)27(35)30-25(31-28)24-22(17-19-7-5-6-8-23(19)29-24)26(34)33-15-13-32(14-16-33)20-9-11-21(36-4)12-10-20/h5-12,17-18H,13-16H2,1-4H3,(H,30,31,35)/t28-/m0/s1. The number of aromatic nitrogens is 1. The zero-order chi connectivity index (χ0) is 25.4. The average molecular weight is 486 g/mol. The van der Waals surface area contributed by atoms with Crippen LogP contribution in [0.25, 0.3) is 10.9 Å². The maximum atomic E-state index is 13.8. The molecule has 1 fully saturated rings. The quantitative estimate of drug-likeness (QED) is 0.598. The van der Waals surface area contributed by atoms with Crippen molar-refractivity contribution >= 4 is 34.2 Å². The minimum atomic E-state index is -0.896. The van der Waals surface area contributed by atoms with E-state index in [0.717, 1.165) is 35.4 Å². The highest BCUT2D eigenvalue weighted by Gasteiger charge is 2.43. The van der Waals surface area contributed by atoms with E-state index in [-0.39, 0.29) is 17.7 Å². The molecule has 1 aromatic heterocycles. The van der Waals surface area contributed by atoms with Gasteiger partial charge >= 0.3 is 0 Å². The van der Waals surface area contributed by atoms with Gasteiger partial charge < -0.3 is 19.9 Å².